The molecule has 0 aliphatic carbocycles. The Hall–Kier alpha value is -2.55. The molecule has 9 nitrogen and oxygen atoms in total. The maximum absolute atomic E-state index is 12.4. The maximum atomic E-state index is 12.4. The van der Waals surface area contributed by atoms with Gasteiger partial charge in [-0.05, 0) is 13.3 Å². The lowest BCUT2D eigenvalue weighted by molar-refractivity contribution is -0.606. The highest BCUT2D eigenvalue weighted by Gasteiger charge is 2.39. The monoisotopic (exact) mass is 354 g/mol. The van der Waals surface area contributed by atoms with E-state index in [1.165, 1.54) is 24.4 Å². The Morgan fingerprint density at radius 2 is 2.24 bits per heavy atom. The number of methoxy groups -OCH3 is 1. The molecule has 0 saturated carbocycles. The summed E-state index contributed by atoms with van der Waals surface area (Å²) in [6.45, 7) is 2.17. The van der Waals surface area contributed by atoms with E-state index < -0.39 is 18.0 Å². The van der Waals surface area contributed by atoms with Crippen molar-refractivity contribution in [2.24, 2.45) is 5.92 Å². The van der Waals surface area contributed by atoms with Crippen molar-refractivity contribution in [3.05, 3.63) is 29.2 Å². The van der Waals surface area contributed by atoms with E-state index in [1.807, 2.05) is 0 Å². The lowest BCUT2D eigenvalue weighted by Gasteiger charge is -2.36. The van der Waals surface area contributed by atoms with Crippen LogP contribution in [-0.4, -0.2) is 55.7 Å². The molecule has 1 aliphatic heterocycles. The molecule has 138 valence electrons. The van der Waals surface area contributed by atoms with Crippen LogP contribution in [0.25, 0.3) is 0 Å². The van der Waals surface area contributed by atoms with E-state index in [0.717, 1.165) is 0 Å². The van der Waals surface area contributed by atoms with Gasteiger partial charge in [0.15, 0.2) is 18.7 Å². The van der Waals surface area contributed by atoms with Gasteiger partial charge < -0.3 is 29.4 Å². The van der Waals surface area contributed by atoms with Crippen molar-refractivity contribution >= 4 is 12.1 Å². The van der Waals surface area contributed by atoms with Gasteiger partial charge in [0.2, 0.25) is 6.20 Å². The standard InChI is InChI=1S/C16H22N2O7/c1-3-24-15(19)13-8-17(16(20)21)6-4-11(13)12-5-7-18(22)9-14(12)25-10-23-2/h5,7,9,11,13H,3-4,6,8,10H2,1-2H3,(H,20,21). The van der Waals surface area contributed by atoms with E-state index in [1.54, 1.807) is 13.0 Å². The zero-order chi connectivity index (χ0) is 18.4. The number of carbonyl (C=O) groups excluding carboxylic acids is 1. The summed E-state index contributed by atoms with van der Waals surface area (Å²) >= 11 is 0. The largest absolute Gasteiger partial charge is 0.619 e. The lowest BCUT2D eigenvalue weighted by atomic mass is 9.80. The minimum Gasteiger partial charge on any atom is -0.619 e. The highest BCUT2D eigenvalue weighted by molar-refractivity contribution is 5.76. The number of rotatable bonds is 6. The van der Waals surface area contributed by atoms with Gasteiger partial charge in [-0.2, -0.15) is 4.73 Å². The molecule has 25 heavy (non-hydrogen) atoms. The minimum absolute atomic E-state index is 0.0365. The minimum atomic E-state index is -1.07. The number of likely N-dealkylation sites (tertiary alicyclic amines) is 1. The number of hydrogen-bond donors (Lipinski definition) is 1. The number of pyridine rings is 1. The topological polar surface area (TPSA) is 112 Å². The van der Waals surface area contributed by atoms with Crippen molar-refractivity contribution < 1.29 is 33.6 Å². The molecule has 1 fully saturated rings. The summed E-state index contributed by atoms with van der Waals surface area (Å²) in [5, 5.41) is 20.8. The first-order valence-electron chi connectivity index (χ1n) is 7.96. The van der Waals surface area contributed by atoms with Crippen LogP contribution in [0.3, 0.4) is 0 Å². The summed E-state index contributed by atoms with van der Waals surface area (Å²) in [6.07, 6.45) is 1.93. The van der Waals surface area contributed by atoms with Crippen molar-refractivity contribution in [1.82, 2.24) is 4.90 Å². The Kier molecular flexibility index (Phi) is 6.40. The highest BCUT2D eigenvalue weighted by Crippen LogP contribution is 2.38. The lowest BCUT2D eigenvalue weighted by Crippen LogP contribution is -2.46. The summed E-state index contributed by atoms with van der Waals surface area (Å²) in [6, 6.07) is 1.59. The van der Waals surface area contributed by atoms with Gasteiger partial charge in [-0.15, -0.1) is 0 Å². The highest BCUT2D eigenvalue weighted by atomic mass is 16.7. The second kappa shape index (κ2) is 8.52. The molecule has 0 spiro atoms. The molecule has 0 radical (unpaired) electrons. The predicted octanol–water partition coefficient (Wildman–Crippen LogP) is 0.949. The average Bonchev–Trinajstić information content (AvgIpc) is 2.59. The van der Waals surface area contributed by atoms with Gasteiger partial charge in [-0.3, -0.25) is 4.79 Å². The first-order chi connectivity index (χ1) is 12.0. The summed E-state index contributed by atoms with van der Waals surface area (Å²) < 4.78 is 16.0. The molecule has 1 aliphatic rings. The fraction of sp³-hybridized carbons (Fsp3) is 0.562. The van der Waals surface area contributed by atoms with E-state index in [9.17, 15) is 19.9 Å². The fourth-order valence-corrected chi connectivity index (χ4v) is 3.00. The van der Waals surface area contributed by atoms with Crippen LogP contribution in [0, 0.1) is 11.1 Å². The Labute approximate surface area is 145 Å². The Morgan fingerprint density at radius 1 is 1.48 bits per heavy atom. The molecule has 1 amide bonds. The van der Waals surface area contributed by atoms with E-state index in [4.69, 9.17) is 14.2 Å². The molecule has 1 saturated heterocycles. The van der Waals surface area contributed by atoms with Gasteiger partial charge in [0, 0.05) is 37.7 Å². The molecule has 0 aromatic carbocycles. The molecule has 0 bridgehead atoms. The van der Waals surface area contributed by atoms with Gasteiger partial charge in [-0.1, -0.05) is 0 Å². The maximum Gasteiger partial charge on any atom is 0.407 e. The van der Waals surface area contributed by atoms with Gasteiger partial charge in [-0.25, -0.2) is 4.79 Å². The van der Waals surface area contributed by atoms with Gasteiger partial charge in [0.05, 0.1) is 12.5 Å². The van der Waals surface area contributed by atoms with Crippen molar-refractivity contribution in [3.8, 4) is 5.75 Å². The number of hydrogen-bond acceptors (Lipinski definition) is 6. The SMILES string of the molecule is CCOC(=O)C1CN(C(=O)O)CCC1c1cc[n+]([O-])cc1OCOC. The normalized spacial score (nSPS) is 20.2. The average molecular weight is 354 g/mol. The third-order valence-corrected chi connectivity index (χ3v) is 4.13. The first-order valence-corrected chi connectivity index (χ1v) is 7.96. The van der Waals surface area contributed by atoms with E-state index in [-0.39, 0.29) is 32.4 Å². The van der Waals surface area contributed by atoms with Crippen molar-refractivity contribution in [3.63, 3.8) is 0 Å². The van der Waals surface area contributed by atoms with Gasteiger partial charge >= 0.3 is 12.1 Å². The van der Waals surface area contributed by atoms with Crippen molar-refractivity contribution in [2.75, 3.05) is 33.6 Å². The number of piperidine rings is 1. The van der Waals surface area contributed by atoms with Gasteiger partial charge in [0.25, 0.3) is 0 Å². The Bertz CT molecular complexity index is 623. The number of aromatic nitrogens is 1. The van der Waals surface area contributed by atoms with Crippen LogP contribution < -0.4 is 9.47 Å². The number of nitrogens with zero attached hydrogens (tertiary/aromatic N) is 2. The van der Waals surface area contributed by atoms with E-state index in [2.05, 4.69) is 0 Å². The molecule has 2 unspecified atom stereocenters. The second-order valence-electron chi connectivity index (χ2n) is 5.66. The van der Waals surface area contributed by atoms with Crippen LogP contribution in [0.4, 0.5) is 4.79 Å². The molecule has 1 aromatic rings. The summed E-state index contributed by atoms with van der Waals surface area (Å²) in [7, 11) is 1.46. The molecule has 2 heterocycles. The van der Waals surface area contributed by atoms with Crippen LogP contribution in [0.15, 0.2) is 18.5 Å². The zero-order valence-corrected chi connectivity index (χ0v) is 14.2. The smallest absolute Gasteiger partial charge is 0.407 e. The van der Waals surface area contributed by atoms with Crippen LogP contribution in [0.2, 0.25) is 0 Å². The van der Waals surface area contributed by atoms with E-state index in [0.29, 0.717) is 22.5 Å². The Morgan fingerprint density at radius 3 is 2.88 bits per heavy atom. The number of ether oxygens (including phenoxy) is 3. The van der Waals surface area contributed by atoms with E-state index >= 15 is 0 Å². The number of esters is 1. The molecule has 2 rings (SSSR count). The number of amides is 1. The molecular formula is C16H22N2O7. The Balaban J connectivity index is 2.34. The van der Waals surface area contributed by atoms with Crippen molar-refractivity contribution in [2.45, 2.75) is 19.3 Å². The van der Waals surface area contributed by atoms with Crippen molar-refractivity contribution in [1.29, 1.82) is 0 Å². The second-order valence-corrected chi connectivity index (χ2v) is 5.66. The summed E-state index contributed by atoms with van der Waals surface area (Å²) in [5.41, 5.74) is 0.659. The number of carboxylic acid groups (broad SMARTS) is 1. The third kappa shape index (κ3) is 4.50. The van der Waals surface area contributed by atoms with Crippen LogP contribution in [0.5, 0.6) is 5.75 Å². The fourth-order valence-electron chi connectivity index (χ4n) is 3.00. The molecule has 1 aromatic heterocycles. The van der Waals surface area contributed by atoms with Gasteiger partial charge in [0.1, 0.15) is 0 Å². The number of carbonyl (C=O) groups is 2. The zero-order valence-electron chi connectivity index (χ0n) is 14.2. The van der Waals surface area contributed by atoms with Crippen LogP contribution >= 0.6 is 0 Å². The molecular weight excluding hydrogens is 332 g/mol. The molecule has 9 heteroatoms. The molecule has 2 atom stereocenters. The first kappa shape index (κ1) is 18.8. The molecule has 1 N–H and O–H groups in total. The summed E-state index contributed by atoms with van der Waals surface area (Å²) in [4.78, 5) is 24.8. The van der Waals surface area contributed by atoms with Crippen LogP contribution in [0.1, 0.15) is 24.8 Å². The quantitative estimate of drug-likeness (QED) is 0.350. The van der Waals surface area contributed by atoms with Crippen LogP contribution in [-0.2, 0) is 14.3 Å². The third-order valence-electron chi connectivity index (χ3n) is 4.13. The predicted molar refractivity (Wildman–Crippen MR) is 85.0 cm³/mol. The summed E-state index contributed by atoms with van der Waals surface area (Å²) in [5.74, 6) is -1.14.